The van der Waals surface area contributed by atoms with Crippen molar-refractivity contribution in [2.45, 2.75) is 32.4 Å². The van der Waals surface area contributed by atoms with Gasteiger partial charge in [0.1, 0.15) is 11.4 Å². The van der Waals surface area contributed by atoms with Crippen LogP contribution >= 0.6 is 0 Å². The van der Waals surface area contributed by atoms with E-state index in [0.717, 1.165) is 0 Å². The van der Waals surface area contributed by atoms with Crippen LogP contribution in [0.4, 0.5) is 4.79 Å². The molecule has 1 rings (SSSR count). The molecule has 1 amide bonds. The maximum atomic E-state index is 11.4. The van der Waals surface area contributed by atoms with Crippen molar-refractivity contribution in [1.29, 1.82) is 5.26 Å². The minimum atomic E-state index is -0.829. The standard InChI is InChI=1S/C11H14N2O3/c1-11(2,3)16-10(14)13-8(7-12)9-5-4-6-15-9/h4-6,8H,1-3H3,(H,13,14)/t8-/m0/s1. The number of ether oxygens (including phenoxy) is 1. The third-order valence-corrected chi connectivity index (χ3v) is 1.62. The molecule has 0 bridgehead atoms. The molecule has 0 aliphatic carbocycles. The molecule has 0 aromatic carbocycles. The van der Waals surface area contributed by atoms with E-state index in [1.807, 2.05) is 6.07 Å². The van der Waals surface area contributed by atoms with Crippen LogP contribution in [0.5, 0.6) is 0 Å². The van der Waals surface area contributed by atoms with Crippen LogP contribution in [0, 0.1) is 11.3 Å². The van der Waals surface area contributed by atoms with Crippen LogP contribution in [0.15, 0.2) is 22.8 Å². The predicted octanol–water partition coefficient (Wildman–Crippen LogP) is 2.37. The van der Waals surface area contributed by atoms with Gasteiger partial charge < -0.3 is 9.15 Å². The number of rotatable bonds is 2. The van der Waals surface area contributed by atoms with Gasteiger partial charge in [-0.2, -0.15) is 5.26 Å². The minimum absolute atomic E-state index is 0.383. The summed E-state index contributed by atoms with van der Waals surface area (Å²) in [6.07, 6.45) is 0.798. The number of alkyl carbamates (subject to hydrolysis) is 1. The zero-order valence-electron chi connectivity index (χ0n) is 9.48. The highest BCUT2D eigenvalue weighted by atomic mass is 16.6. The van der Waals surface area contributed by atoms with E-state index in [1.54, 1.807) is 32.9 Å². The fourth-order valence-electron chi connectivity index (χ4n) is 1.05. The predicted molar refractivity (Wildman–Crippen MR) is 56.4 cm³/mol. The molecule has 5 nitrogen and oxygen atoms in total. The van der Waals surface area contributed by atoms with Gasteiger partial charge in [0.05, 0.1) is 12.3 Å². The molecule has 5 heteroatoms. The molecule has 0 saturated carbocycles. The van der Waals surface area contributed by atoms with Crippen LogP contribution in [0.2, 0.25) is 0 Å². The zero-order chi connectivity index (χ0) is 12.2. The second kappa shape index (κ2) is 4.71. The quantitative estimate of drug-likeness (QED) is 0.833. The van der Waals surface area contributed by atoms with Crippen LogP contribution in [0.25, 0.3) is 0 Å². The molecule has 0 saturated heterocycles. The van der Waals surface area contributed by atoms with Gasteiger partial charge in [-0.3, -0.25) is 5.32 Å². The Kier molecular flexibility index (Phi) is 3.56. The fourth-order valence-corrected chi connectivity index (χ4v) is 1.05. The molecule has 0 spiro atoms. The topological polar surface area (TPSA) is 75.3 Å². The third-order valence-electron chi connectivity index (χ3n) is 1.62. The third kappa shape index (κ3) is 3.65. The molecule has 1 aromatic rings. The summed E-state index contributed by atoms with van der Waals surface area (Å²) in [5.41, 5.74) is -0.590. The number of nitrogens with one attached hydrogen (secondary N) is 1. The number of carbonyl (C=O) groups is 1. The van der Waals surface area contributed by atoms with Gasteiger partial charge in [0.15, 0.2) is 6.04 Å². The van der Waals surface area contributed by atoms with E-state index in [0.29, 0.717) is 5.76 Å². The number of furan rings is 1. The van der Waals surface area contributed by atoms with Crippen molar-refractivity contribution in [3.63, 3.8) is 0 Å². The Balaban J connectivity index is 2.59. The Morgan fingerprint density at radius 1 is 1.62 bits per heavy atom. The average Bonchev–Trinajstić information content (AvgIpc) is 2.63. The van der Waals surface area contributed by atoms with E-state index in [1.165, 1.54) is 6.26 Å². The van der Waals surface area contributed by atoms with E-state index >= 15 is 0 Å². The van der Waals surface area contributed by atoms with Gasteiger partial charge in [0.2, 0.25) is 0 Å². The molecule has 86 valence electrons. The molecule has 1 heterocycles. The molecule has 1 N–H and O–H groups in total. The Morgan fingerprint density at radius 3 is 2.75 bits per heavy atom. The lowest BCUT2D eigenvalue weighted by molar-refractivity contribution is 0.0510. The number of nitriles is 1. The summed E-state index contributed by atoms with van der Waals surface area (Å²) in [7, 11) is 0. The first-order valence-electron chi connectivity index (χ1n) is 4.85. The second-order valence-electron chi connectivity index (χ2n) is 4.22. The van der Waals surface area contributed by atoms with Crippen molar-refractivity contribution in [1.82, 2.24) is 5.32 Å². The van der Waals surface area contributed by atoms with Gasteiger partial charge in [-0.05, 0) is 32.9 Å². The van der Waals surface area contributed by atoms with Gasteiger partial charge in [-0.15, -0.1) is 0 Å². The van der Waals surface area contributed by atoms with Crippen LogP contribution in [-0.4, -0.2) is 11.7 Å². The monoisotopic (exact) mass is 222 g/mol. The molecule has 16 heavy (non-hydrogen) atoms. The summed E-state index contributed by atoms with van der Waals surface area (Å²) >= 11 is 0. The summed E-state index contributed by atoms with van der Waals surface area (Å²) in [5, 5.41) is 11.3. The highest BCUT2D eigenvalue weighted by Crippen LogP contribution is 2.14. The second-order valence-corrected chi connectivity index (χ2v) is 4.22. The molecule has 1 atom stereocenters. The Bertz CT molecular complexity index is 384. The average molecular weight is 222 g/mol. The van der Waals surface area contributed by atoms with Crippen molar-refractivity contribution in [3.05, 3.63) is 24.2 Å². The van der Waals surface area contributed by atoms with Crippen molar-refractivity contribution in [3.8, 4) is 6.07 Å². The van der Waals surface area contributed by atoms with Crippen LogP contribution in [0.3, 0.4) is 0 Å². The lowest BCUT2D eigenvalue weighted by Crippen LogP contribution is -2.34. The first-order chi connectivity index (χ1) is 7.42. The molecule has 0 radical (unpaired) electrons. The maximum absolute atomic E-state index is 11.4. The normalized spacial score (nSPS) is 12.6. The zero-order valence-corrected chi connectivity index (χ0v) is 9.48. The smallest absolute Gasteiger partial charge is 0.409 e. The van der Waals surface area contributed by atoms with Crippen LogP contribution in [-0.2, 0) is 4.74 Å². The van der Waals surface area contributed by atoms with Gasteiger partial charge in [0.25, 0.3) is 0 Å². The number of nitrogens with zero attached hydrogens (tertiary/aromatic N) is 1. The SMILES string of the molecule is CC(C)(C)OC(=O)N[C@@H](C#N)c1ccco1. The number of hydrogen-bond acceptors (Lipinski definition) is 4. The first kappa shape index (κ1) is 12.1. The molecule has 0 unspecified atom stereocenters. The van der Waals surface area contributed by atoms with Gasteiger partial charge in [-0.25, -0.2) is 4.79 Å². The van der Waals surface area contributed by atoms with Gasteiger partial charge >= 0.3 is 6.09 Å². The lowest BCUT2D eigenvalue weighted by Gasteiger charge is -2.20. The van der Waals surface area contributed by atoms with Crippen molar-refractivity contribution in [2.24, 2.45) is 0 Å². The van der Waals surface area contributed by atoms with Crippen molar-refractivity contribution in [2.75, 3.05) is 0 Å². The summed E-state index contributed by atoms with van der Waals surface area (Å²) in [6, 6.07) is 4.35. The minimum Gasteiger partial charge on any atom is -0.466 e. The molecule has 1 aromatic heterocycles. The highest BCUT2D eigenvalue weighted by Gasteiger charge is 2.21. The molecular weight excluding hydrogens is 208 g/mol. The highest BCUT2D eigenvalue weighted by molar-refractivity contribution is 5.68. The first-order valence-corrected chi connectivity index (χ1v) is 4.85. The van der Waals surface area contributed by atoms with E-state index in [-0.39, 0.29) is 0 Å². The van der Waals surface area contributed by atoms with Crippen molar-refractivity contribution < 1.29 is 13.9 Å². The summed E-state index contributed by atoms with van der Waals surface area (Å²) in [6.45, 7) is 5.25. The van der Waals surface area contributed by atoms with Gasteiger partial charge in [-0.1, -0.05) is 0 Å². The Morgan fingerprint density at radius 2 is 2.31 bits per heavy atom. The van der Waals surface area contributed by atoms with Gasteiger partial charge in [0, 0.05) is 0 Å². The molecular formula is C11H14N2O3. The van der Waals surface area contributed by atoms with Crippen LogP contribution < -0.4 is 5.32 Å². The van der Waals surface area contributed by atoms with Crippen molar-refractivity contribution >= 4 is 6.09 Å². The fraction of sp³-hybridized carbons (Fsp3) is 0.455. The Labute approximate surface area is 94.0 Å². The van der Waals surface area contributed by atoms with E-state index in [2.05, 4.69) is 5.32 Å². The maximum Gasteiger partial charge on any atom is 0.409 e. The van der Waals surface area contributed by atoms with Crippen LogP contribution in [0.1, 0.15) is 32.6 Å². The number of hydrogen-bond donors (Lipinski definition) is 1. The Hall–Kier alpha value is -1.96. The summed E-state index contributed by atoms with van der Waals surface area (Å²) < 4.78 is 10.1. The number of amides is 1. The van der Waals surface area contributed by atoms with E-state index < -0.39 is 17.7 Å². The van der Waals surface area contributed by atoms with E-state index in [9.17, 15) is 4.79 Å². The molecule has 0 aliphatic heterocycles. The molecule has 0 aliphatic rings. The van der Waals surface area contributed by atoms with E-state index in [4.69, 9.17) is 14.4 Å². The largest absolute Gasteiger partial charge is 0.466 e. The summed E-state index contributed by atoms with van der Waals surface area (Å²) in [4.78, 5) is 11.4. The molecule has 0 fully saturated rings. The number of carbonyl (C=O) groups excluding carboxylic acids is 1. The lowest BCUT2D eigenvalue weighted by atomic mass is 10.2. The summed E-state index contributed by atoms with van der Waals surface area (Å²) in [5.74, 6) is 0.383.